The number of ether oxygens (including phenoxy) is 1. The van der Waals surface area contributed by atoms with E-state index in [1.165, 1.54) is 6.92 Å². The summed E-state index contributed by atoms with van der Waals surface area (Å²) in [6.45, 7) is 2.67. The van der Waals surface area contributed by atoms with E-state index in [2.05, 4.69) is 10.6 Å². The van der Waals surface area contributed by atoms with Crippen LogP contribution in [0.3, 0.4) is 0 Å². The highest BCUT2D eigenvalue weighted by Crippen LogP contribution is 2.26. The summed E-state index contributed by atoms with van der Waals surface area (Å²) >= 11 is 6.08. The van der Waals surface area contributed by atoms with E-state index in [0.29, 0.717) is 29.6 Å². The molecule has 1 unspecified atom stereocenters. The standard InChI is InChI=1S/C15H20ClN3O3.ClH/c1-9(20)18-11-2-3-12(16)13(8-11)19-15(21)14(17)10-4-6-22-7-5-10;/h2-3,8,10,14H,4-7,17H2,1H3,(H,18,20)(H,19,21);1H. The second-order valence-corrected chi connectivity index (χ2v) is 5.75. The van der Waals surface area contributed by atoms with Crippen LogP contribution in [0.2, 0.25) is 5.02 Å². The van der Waals surface area contributed by atoms with Crippen LogP contribution in [0.25, 0.3) is 0 Å². The zero-order chi connectivity index (χ0) is 16.1. The quantitative estimate of drug-likeness (QED) is 0.767. The molecule has 1 fully saturated rings. The molecular formula is C15H21Cl2N3O3. The van der Waals surface area contributed by atoms with Crippen molar-refractivity contribution in [2.24, 2.45) is 11.7 Å². The number of anilines is 2. The number of halogens is 2. The summed E-state index contributed by atoms with van der Waals surface area (Å²) in [6.07, 6.45) is 1.54. The molecule has 6 nitrogen and oxygen atoms in total. The van der Waals surface area contributed by atoms with Crippen LogP contribution >= 0.6 is 24.0 Å². The van der Waals surface area contributed by atoms with Gasteiger partial charge in [-0.3, -0.25) is 9.59 Å². The first-order chi connectivity index (χ1) is 10.5. The van der Waals surface area contributed by atoms with Gasteiger partial charge in [0.25, 0.3) is 0 Å². The number of carbonyl (C=O) groups is 2. The molecule has 0 saturated carbocycles. The molecule has 2 rings (SSSR count). The van der Waals surface area contributed by atoms with Gasteiger partial charge in [0.1, 0.15) is 0 Å². The van der Waals surface area contributed by atoms with Gasteiger partial charge in [0, 0.05) is 25.8 Å². The number of carbonyl (C=O) groups excluding carboxylic acids is 2. The lowest BCUT2D eigenvalue weighted by molar-refractivity contribution is -0.119. The zero-order valence-electron chi connectivity index (χ0n) is 12.8. The van der Waals surface area contributed by atoms with E-state index in [1.807, 2.05) is 0 Å². The highest BCUT2D eigenvalue weighted by molar-refractivity contribution is 6.34. The van der Waals surface area contributed by atoms with Crippen molar-refractivity contribution >= 4 is 47.2 Å². The molecule has 0 spiro atoms. The molecule has 1 aliphatic rings. The maximum Gasteiger partial charge on any atom is 0.241 e. The predicted molar refractivity (Wildman–Crippen MR) is 93.2 cm³/mol. The van der Waals surface area contributed by atoms with E-state index in [-0.39, 0.29) is 30.1 Å². The molecule has 1 aliphatic heterocycles. The van der Waals surface area contributed by atoms with Gasteiger partial charge in [-0.2, -0.15) is 0 Å². The van der Waals surface area contributed by atoms with E-state index in [1.54, 1.807) is 18.2 Å². The van der Waals surface area contributed by atoms with Gasteiger partial charge in [0.05, 0.1) is 16.8 Å². The number of rotatable bonds is 4. The first kappa shape index (κ1) is 19.7. The van der Waals surface area contributed by atoms with E-state index < -0.39 is 6.04 Å². The Bertz CT molecular complexity index is 563. The summed E-state index contributed by atoms with van der Waals surface area (Å²) in [4.78, 5) is 23.4. The zero-order valence-corrected chi connectivity index (χ0v) is 14.4. The fourth-order valence-corrected chi connectivity index (χ4v) is 2.57. The van der Waals surface area contributed by atoms with Crippen LogP contribution in [-0.2, 0) is 14.3 Å². The van der Waals surface area contributed by atoms with Gasteiger partial charge in [-0.05, 0) is 37.0 Å². The summed E-state index contributed by atoms with van der Waals surface area (Å²) in [5.74, 6) is -0.377. The number of hydrogen-bond acceptors (Lipinski definition) is 4. The third kappa shape index (κ3) is 5.66. The largest absolute Gasteiger partial charge is 0.381 e. The van der Waals surface area contributed by atoms with Crippen molar-refractivity contribution in [3.63, 3.8) is 0 Å². The lowest BCUT2D eigenvalue weighted by atomic mass is 9.92. The fraction of sp³-hybridized carbons (Fsp3) is 0.467. The van der Waals surface area contributed by atoms with E-state index >= 15 is 0 Å². The molecule has 0 radical (unpaired) electrons. The Hall–Kier alpha value is -1.34. The molecule has 8 heteroatoms. The molecule has 1 aromatic carbocycles. The van der Waals surface area contributed by atoms with Crippen molar-refractivity contribution in [3.8, 4) is 0 Å². The van der Waals surface area contributed by atoms with Crippen LogP contribution in [0.15, 0.2) is 18.2 Å². The maximum atomic E-state index is 12.3. The second-order valence-electron chi connectivity index (χ2n) is 5.34. The van der Waals surface area contributed by atoms with Crippen molar-refractivity contribution < 1.29 is 14.3 Å². The first-order valence-electron chi connectivity index (χ1n) is 7.18. The van der Waals surface area contributed by atoms with Crippen LogP contribution in [0.5, 0.6) is 0 Å². The molecule has 1 aromatic rings. The Morgan fingerprint density at radius 3 is 2.57 bits per heavy atom. The molecule has 23 heavy (non-hydrogen) atoms. The van der Waals surface area contributed by atoms with Crippen LogP contribution in [0.4, 0.5) is 11.4 Å². The lowest BCUT2D eigenvalue weighted by Crippen LogP contribution is -2.44. The van der Waals surface area contributed by atoms with Gasteiger partial charge in [-0.1, -0.05) is 11.6 Å². The molecule has 0 bridgehead atoms. The molecule has 4 N–H and O–H groups in total. The highest BCUT2D eigenvalue weighted by atomic mass is 35.5. The molecular weight excluding hydrogens is 341 g/mol. The average Bonchev–Trinajstić information content (AvgIpc) is 2.50. The SMILES string of the molecule is CC(=O)Nc1ccc(Cl)c(NC(=O)C(N)C2CCOCC2)c1.Cl. The number of amides is 2. The Morgan fingerprint density at radius 2 is 1.96 bits per heavy atom. The van der Waals surface area contributed by atoms with Crippen LogP contribution in [0, 0.1) is 5.92 Å². The summed E-state index contributed by atoms with van der Waals surface area (Å²) in [6, 6.07) is 4.28. The van der Waals surface area contributed by atoms with Crippen molar-refractivity contribution in [1.29, 1.82) is 0 Å². The highest BCUT2D eigenvalue weighted by Gasteiger charge is 2.26. The Balaban J connectivity index is 0.00000264. The normalized spacial score (nSPS) is 16.1. The van der Waals surface area contributed by atoms with Gasteiger partial charge in [-0.15, -0.1) is 12.4 Å². The van der Waals surface area contributed by atoms with Crippen LogP contribution < -0.4 is 16.4 Å². The van der Waals surface area contributed by atoms with Gasteiger partial charge < -0.3 is 21.1 Å². The molecule has 0 aromatic heterocycles. The molecule has 1 atom stereocenters. The smallest absolute Gasteiger partial charge is 0.241 e. The second kappa shape index (κ2) is 9.08. The maximum absolute atomic E-state index is 12.3. The average molecular weight is 362 g/mol. The minimum atomic E-state index is -0.607. The summed E-state index contributed by atoms with van der Waals surface area (Å²) in [5.41, 5.74) is 7.02. The van der Waals surface area contributed by atoms with Crippen molar-refractivity contribution in [3.05, 3.63) is 23.2 Å². The van der Waals surface area contributed by atoms with Crippen molar-refractivity contribution in [1.82, 2.24) is 0 Å². The Kier molecular flexibility index (Phi) is 7.78. The topological polar surface area (TPSA) is 93.5 Å². The minimum Gasteiger partial charge on any atom is -0.381 e. The van der Waals surface area contributed by atoms with Crippen LogP contribution in [-0.4, -0.2) is 31.1 Å². The fourth-order valence-electron chi connectivity index (χ4n) is 2.41. The third-order valence-electron chi connectivity index (χ3n) is 3.62. The molecule has 0 aliphatic carbocycles. The van der Waals surface area contributed by atoms with Gasteiger partial charge >= 0.3 is 0 Å². The summed E-state index contributed by atoms with van der Waals surface area (Å²) in [5, 5.41) is 5.76. The van der Waals surface area contributed by atoms with E-state index in [0.717, 1.165) is 12.8 Å². The van der Waals surface area contributed by atoms with E-state index in [9.17, 15) is 9.59 Å². The number of nitrogens with two attached hydrogens (primary N) is 1. The Labute approximate surface area is 146 Å². The monoisotopic (exact) mass is 361 g/mol. The molecule has 128 valence electrons. The van der Waals surface area contributed by atoms with Gasteiger partial charge in [0.15, 0.2) is 0 Å². The third-order valence-corrected chi connectivity index (χ3v) is 3.95. The summed E-state index contributed by atoms with van der Waals surface area (Å²) in [7, 11) is 0. The van der Waals surface area contributed by atoms with Crippen LogP contribution in [0.1, 0.15) is 19.8 Å². The van der Waals surface area contributed by atoms with Gasteiger partial charge in [0.2, 0.25) is 11.8 Å². The van der Waals surface area contributed by atoms with Crippen molar-refractivity contribution in [2.75, 3.05) is 23.8 Å². The van der Waals surface area contributed by atoms with Gasteiger partial charge in [-0.25, -0.2) is 0 Å². The molecule has 1 saturated heterocycles. The number of hydrogen-bond donors (Lipinski definition) is 3. The lowest BCUT2D eigenvalue weighted by Gasteiger charge is -2.26. The molecule has 1 heterocycles. The number of benzene rings is 1. The Morgan fingerprint density at radius 1 is 1.30 bits per heavy atom. The molecule has 2 amide bonds. The van der Waals surface area contributed by atoms with Crippen molar-refractivity contribution in [2.45, 2.75) is 25.8 Å². The predicted octanol–water partition coefficient (Wildman–Crippen LogP) is 2.41. The number of nitrogens with one attached hydrogen (secondary N) is 2. The summed E-state index contributed by atoms with van der Waals surface area (Å²) < 4.78 is 5.27. The minimum absolute atomic E-state index is 0. The van der Waals surface area contributed by atoms with E-state index in [4.69, 9.17) is 22.1 Å². The first-order valence-corrected chi connectivity index (χ1v) is 7.56.